The monoisotopic (exact) mass is 319 g/mol. The molecule has 5 nitrogen and oxygen atoms in total. The SMILES string of the molecule is CC(Oc1ccc(Cl)cc1)C(=O)Nc1cccc(C(=O)O)c1. The van der Waals surface area contributed by atoms with E-state index >= 15 is 0 Å². The average molecular weight is 320 g/mol. The summed E-state index contributed by atoms with van der Waals surface area (Å²) in [4.78, 5) is 22.9. The molecule has 6 heteroatoms. The Bertz CT molecular complexity index is 685. The van der Waals surface area contributed by atoms with Gasteiger partial charge in [0.2, 0.25) is 0 Å². The first-order valence-electron chi connectivity index (χ1n) is 6.52. The maximum Gasteiger partial charge on any atom is 0.335 e. The fourth-order valence-corrected chi connectivity index (χ4v) is 1.87. The molecule has 0 aliphatic carbocycles. The van der Waals surface area contributed by atoms with Gasteiger partial charge in [0.1, 0.15) is 5.75 Å². The number of carboxylic acid groups (broad SMARTS) is 1. The number of hydrogen-bond acceptors (Lipinski definition) is 3. The summed E-state index contributed by atoms with van der Waals surface area (Å²) in [6, 6.07) is 12.7. The highest BCUT2D eigenvalue weighted by Gasteiger charge is 2.15. The summed E-state index contributed by atoms with van der Waals surface area (Å²) in [6.45, 7) is 1.60. The molecule has 0 aliphatic rings. The van der Waals surface area contributed by atoms with E-state index in [1.165, 1.54) is 12.1 Å². The van der Waals surface area contributed by atoms with Crippen molar-refractivity contribution in [3.8, 4) is 5.75 Å². The van der Waals surface area contributed by atoms with Gasteiger partial charge in [0.15, 0.2) is 6.10 Å². The summed E-state index contributed by atoms with van der Waals surface area (Å²) >= 11 is 5.78. The molecule has 2 rings (SSSR count). The van der Waals surface area contributed by atoms with Gasteiger partial charge < -0.3 is 15.2 Å². The molecule has 114 valence electrons. The van der Waals surface area contributed by atoms with Gasteiger partial charge >= 0.3 is 5.97 Å². The van der Waals surface area contributed by atoms with Crippen molar-refractivity contribution in [2.24, 2.45) is 0 Å². The normalized spacial score (nSPS) is 11.5. The lowest BCUT2D eigenvalue weighted by Crippen LogP contribution is -2.30. The first-order chi connectivity index (χ1) is 10.5. The largest absolute Gasteiger partial charge is 0.481 e. The van der Waals surface area contributed by atoms with E-state index in [1.54, 1.807) is 43.3 Å². The van der Waals surface area contributed by atoms with Crippen LogP contribution in [-0.2, 0) is 4.79 Å². The van der Waals surface area contributed by atoms with Gasteiger partial charge in [-0.1, -0.05) is 17.7 Å². The molecule has 0 heterocycles. The van der Waals surface area contributed by atoms with Crippen LogP contribution in [0.25, 0.3) is 0 Å². The van der Waals surface area contributed by atoms with Gasteiger partial charge in [0, 0.05) is 10.7 Å². The first kappa shape index (κ1) is 15.9. The van der Waals surface area contributed by atoms with Crippen LogP contribution in [0.2, 0.25) is 5.02 Å². The van der Waals surface area contributed by atoms with E-state index < -0.39 is 12.1 Å². The fourth-order valence-electron chi connectivity index (χ4n) is 1.74. The van der Waals surface area contributed by atoms with Gasteiger partial charge in [-0.3, -0.25) is 4.79 Å². The smallest absolute Gasteiger partial charge is 0.335 e. The summed E-state index contributed by atoms with van der Waals surface area (Å²) < 4.78 is 5.49. The highest BCUT2D eigenvalue weighted by molar-refractivity contribution is 6.30. The molecule has 1 amide bonds. The summed E-state index contributed by atoms with van der Waals surface area (Å²) in [5.41, 5.74) is 0.500. The summed E-state index contributed by atoms with van der Waals surface area (Å²) in [5.74, 6) is -0.912. The Balaban J connectivity index is 2.00. The maximum absolute atomic E-state index is 12.1. The highest BCUT2D eigenvalue weighted by atomic mass is 35.5. The Kier molecular flexibility index (Phi) is 5.01. The number of aromatic carboxylic acids is 1. The van der Waals surface area contributed by atoms with Crippen LogP contribution in [0.3, 0.4) is 0 Å². The minimum Gasteiger partial charge on any atom is -0.481 e. The third-order valence-electron chi connectivity index (χ3n) is 2.87. The number of anilines is 1. The molecule has 1 unspecified atom stereocenters. The lowest BCUT2D eigenvalue weighted by Gasteiger charge is -2.15. The molecule has 2 N–H and O–H groups in total. The molecule has 0 aromatic heterocycles. The fraction of sp³-hybridized carbons (Fsp3) is 0.125. The van der Waals surface area contributed by atoms with E-state index in [-0.39, 0.29) is 11.5 Å². The van der Waals surface area contributed by atoms with Crippen molar-refractivity contribution < 1.29 is 19.4 Å². The summed E-state index contributed by atoms with van der Waals surface area (Å²) in [6.07, 6.45) is -0.741. The van der Waals surface area contributed by atoms with Gasteiger partial charge in [-0.2, -0.15) is 0 Å². The van der Waals surface area contributed by atoms with E-state index in [4.69, 9.17) is 21.4 Å². The van der Waals surface area contributed by atoms with Crippen molar-refractivity contribution in [2.45, 2.75) is 13.0 Å². The number of carbonyl (C=O) groups is 2. The zero-order chi connectivity index (χ0) is 16.1. The Morgan fingerprint density at radius 3 is 2.50 bits per heavy atom. The second-order valence-electron chi connectivity index (χ2n) is 4.59. The second-order valence-corrected chi connectivity index (χ2v) is 5.03. The number of hydrogen-bond donors (Lipinski definition) is 2. The van der Waals surface area contributed by atoms with Crippen molar-refractivity contribution in [3.05, 3.63) is 59.1 Å². The van der Waals surface area contributed by atoms with Crippen molar-refractivity contribution in [2.75, 3.05) is 5.32 Å². The van der Waals surface area contributed by atoms with Gasteiger partial charge in [-0.05, 0) is 49.4 Å². The molecule has 0 spiro atoms. The van der Waals surface area contributed by atoms with E-state index in [9.17, 15) is 9.59 Å². The first-order valence-corrected chi connectivity index (χ1v) is 6.90. The zero-order valence-electron chi connectivity index (χ0n) is 11.7. The number of benzene rings is 2. The van der Waals surface area contributed by atoms with Crippen molar-refractivity contribution in [1.82, 2.24) is 0 Å². The van der Waals surface area contributed by atoms with Crippen LogP contribution in [0.15, 0.2) is 48.5 Å². The lowest BCUT2D eigenvalue weighted by atomic mass is 10.2. The van der Waals surface area contributed by atoms with Gasteiger partial charge in [0.25, 0.3) is 5.91 Å². The number of rotatable bonds is 5. The zero-order valence-corrected chi connectivity index (χ0v) is 12.5. The molecule has 0 radical (unpaired) electrons. The Morgan fingerprint density at radius 2 is 1.86 bits per heavy atom. The minimum atomic E-state index is -1.05. The molecule has 0 aliphatic heterocycles. The highest BCUT2D eigenvalue weighted by Crippen LogP contribution is 2.17. The minimum absolute atomic E-state index is 0.101. The van der Waals surface area contributed by atoms with E-state index in [2.05, 4.69) is 5.32 Å². The van der Waals surface area contributed by atoms with Crippen LogP contribution >= 0.6 is 11.6 Å². The van der Waals surface area contributed by atoms with Crippen molar-refractivity contribution in [1.29, 1.82) is 0 Å². The molecule has 2 aromatic carbocycles. The molecule has 0 bridgehead atoms. The van der Waals surface area contributed by atoms with Crippen molar-refractivity contribution in [3.63, 3.8) is 0 Å². The van der Waals surface area contributed by atoms with E-state index in [0.29, 0.717) is 16.5 Å². The topological polar surface area (TPSA) is 75.6 Å². The third-order valence-corrected chi connectivity index (χ3v) is 3.12. The molecular weight excluding hydrogens is 306 g/mol. The Labute approximate surface area is 132 Å². The van der Waals surface area contributed by atoms with E-state index in [0.717, 1.165) is 0 Å². The molecule has 2 aromatic rings. The van der Waals surface area contributed by atoms with E-state index in [1.807, 2.05) is 0 Å². The van der Waals surface area contributed by atoms with Crippen LogP contribution in [0, 0.1) is 0 Å². The quantitative estimate of drug-likeness (QED) is 0.885. The van der Waals surface area contributed by atoms with Crippen LogP contribution < -0.4 is 10.1 Å². The molecule has 0 saturated heterocycles. The number of carbonyl (C=O) groups excluding carboxylic acids is 1. The molecule has 0 fully saturated rings. The Hall–Kier alpha value is -2.53. The van der Waals surface area contributed by atoms with Gasteiger partial charge in [-0.25, -0.2) is 4.79 Å². The van der Waals surface area contributed by atoms with Gasteiger partial charge in [0.05, 0.1) is 5.56 Å². The number of amides is 1. The average Bonchev–Trinajstić information content (AvgIpc) is 2.49. The number of ether oxygens (including phenoxy) is 1. The molecule has 0 saturated carbocycles. The number of halogens is 1. The second kappa shape index (κ2) is 6.95. The van der Waals surface area contributed by atoms with Gasteiger partial charge in [-0.15, -0.1) is 0 Å². The van der Waals surface area contributed by atoms with Crippen LogP contribution in [-0.4, -0.2) is 23.1 Å². The molecule has 22 heavy (non-hydrogen) atoms. The van der Waals surface area contributed by atoms with Crippen LogP contribution in [0.1, 0.15) is 17.3 Å². The van der Waals surface area contributed by atoms with Crippen LogP contribution in [0.4, 0.5) is 5.69 Å². The third kappa shape index (κ3) is 4.23. The number of nitrogens with one attached hydrogen (secondary N) is 1. The maximum atomic E-state index is 12.1. The standard InChI is InChI=1S/C16H14ClNO4/c1-10(22-14-7-5-12(17)6-8-14)15(19)18-13-4-2-3-11(9-13)16(20)21/h2-10H,1H3,(H,18,19)(H,20,21). The van der Waals surface area contributed by atoms with Crippen LogP contribution in [0.5, 0.6) is 5.75 Å². The lowest BCUT2D eigenvalue weighted by molar-refractivity contribution is -0.122. The summed E-state index contributed by atoms with van der Waals surface area (Å²) in [5, 5.41) is 12.1. The molecule has 1 atom stereocenters. The molecular formula is C16H14ClNO4. The number of carboxylic acids is 1. The predicted octanol–water partition coefficient (Wildman–Crippen LogP) is 3.44. The van der Waals surface area contributed by atoms with Crippen molar-refractivity contribution >= 4 is 29.2 Å². The summed E-state index contributed by atoms with van der Waals surface area (Å²) in [7, 11) is 0. The Morgan fingerprint density at radius 1 is 1.18 bits per heavy atom. The predicted molar refractivity (Wildman–Crippen MR) is 83.6 cm³/mol.